The largest absolute Gasteiger partial charge is 0.421 e. The van der Waals surface area contributed by atoms with Crippen LogP contribution in [-0.2, 0) is 5.60 Å². The average Bonchev–Trinajstić information content (AvgIpc) is 2.16. The summed E-state index contributed by atoms with van der Waals surface area (Å²) in [4.78, 5) is 0. The second-order valence-electron chi connectivity index (χ2n) is 3.22. The van der Waals surface area contributed by atoms with E-state index in [9.17, 15) is 18.3 Å². The van der Waals surface area contributed by atoms with Crippen molar-refractivity contribution in [1.29, 1.82) is 0 Å². The van der Waals surface area contributed by atoms with Gasteiger partial charge in [0, 0.05) is 5.02 Å². The Hall–Kier alpha value is -0.740. The van der Waals surface area contributed by atoms with E-state index in [1.807, 2.05) is 0 Å². The summed E-state index contributed by atoms with van der Waals surface area (Å²) in [5.74, 6) is 0. The van der Waals surface area contributed by atoms with Gasteiger partial charge in [0.25, 0.3) is 0 Å². The van der Waals surface area contributed by atoms with Crippen LogP contribution in [0, 0.1) is 0 Å². The van der Waals surface area contributed by atoms with Crippen molar-refractivity contribution in [3.05, 3.63) is 34.9 Å². The number of aliphatic hydroxyl groups is 1. The van der Waals surface area contributed by atoms with E-state index < -0.39 is 18.2 Å². The van der Waals surface area contributed by atoms with Crippen molar-refractivity contribution >= 4 is 11.6 Å². The van der Waals surface area contributed by atoms with Gasteiger partial charge in [-0.1, -0.05) is 30.7 Å². The maximum absolute atomic E-state index is 12.6. The number of benzene rings is 1. The molecule has 1 rings (SSSR count). The molecule has 1 aromatic carbocycles. The van der Waals surface area contributed by atoms with Gasteiger partial charge in [-0.3, -0.25) is 0 Å². The first kappa shape index (κ1) is 12.3. The van der Waals surface area contributed by atoms with Gasteiger partial charge in [0.05, 0.1) is 0 Å². The molecule has 0 bridgehead atoms. The summed E-state index contributed by atoms with van der Waals surface area (Å²) < 4.78 is 37.8. The van der Waals surface area contributed by atoms with Crippen LogP contribution in [0.15, 0.2) is 24.3 Å². The minimum Gasteiger partial charge on any atom is -0.376 e. The Labute approximate surface area is 90.5 Å². The maximum atomic E-state index is 12.6. The molecular formula is C10H10ClF3O. The van der Waals surface area contributed by atoms with Crippen LogP contribution in [-0.4, -0.2) is 11.3 Å². The predicted molar refractivity (Wildman–Crippen MR) is 51.7 cm³/mol. The third kappa shape index (κ3) is 2.26. The molecule has 15 heavy (non-hydrogen) atoms. The normalized spacial score (nSPS) is 16.1. The van der Waals surface area contributed by atoms with Crippen LogP contribution in [0.1, 0.15) is 18.9 Å². The molecule has 0 aliphatic heterocycles. The summed E-state index contributed by atoms with van der Waals surface area (Å²) in [6, 6.07) is 5.01. The van der Waals surface area contributed by atoms with E-state index in [0.717, 1.165) is 0 Å². The fourth-order valence-electron chi connectivity index (χ4n) is 1.29. The number of halogens is 4. The van der Waals surface area contributed by atoms with E-state index in [-0.39, 0.29) is 5.56 Å². The minimum absolute atomic E-state index is 0.193. The van der Waals surface area contributed by atoms with Gasteiger partial charge in [-0.05, 0) is 24.1 Å². The highest BCUT2D eigenvalue weighted by atomic mass is 35.5. The Morgan fingerprint density at radius 1 is 1.20 bits per heavy atom. The molecule has 1 atom stereocenters. The molecule has 0 heterocycles. The average molecular weight is 239 g/mol. The summed E-state index contributed by atoms with van der Waals surface area (Å²) in [5, 5.41) is 9.88. The molecule has 0 aromatic heterocycles. The van der Waals surface area contributed by atoms with Crippen LogP contribution >= 0.6 is 11.6 Å². The standard InChI is InChI=1S/C10H10ClF3O/c1-2-9(15,10(12,13)14)7-3-5-8(11)6-4-7/h3-6,15H,2H2,1H3. The highest BCUT2D eigenvalue weighted by molar-refractivity contribution is 6.30. The monoisotopic (exact) mass is 238 g/mol. The second-order valence-corrected chi connectivity index (χ2v) is 3.65. The van der Waals surface area contributed by atoms with Crippen LogP contribution in [0.2, 0.25) is 5.02 Å². The third-order valence-corrected chi connectivity index (χ3v) is 2.55. The molecule has 0 fully saturated rings. The van der Waals surface area contributed by atoms with Crippen molar-refractivity contribution in [3.63, 3.8) is 0 Å². The number of alkyl halides is 3. The molecule has 0 spiro atoms. The molecule has 1 unspecified atom stereocenters. The summed E-state index contributed by atoms with van der Waals surface area (Å²) in [6.45, 7) is 1.28. The number of hydrogen-bond donors (Lipinski definition) is 1. The van der Waals surface area contributed by atoms with E-state index >= 15 is 0 Å². The molecule has 1 N–H and O–H groups in total. The van der Waals surface area contributed by atoms with Gasteiger partial charge in [0.15, 0.2) is 5.60 Å². The van der Waals surface area contributed by atoms with E-state index in [4.69, 9.17) is 11.6 Å². The molecule has 0 aliphatic rings. The smallest absolute Gasteiger partial charge is 0.376 e. The fourth-order valence-corrected chi connectivity index (χ4v) is 1.42. The van der Waals surface area contributed by atoms with Crippen LogP contribution in [0.25, 0.3) is 0 Å². The molecule has 84 valence electrons. The second kappa shape index (κ2) is 4.02. The highest BCUT2D eigenvalue weighted by Crippen LogP contribution is 2.41. The van der Waals surface area contributed by atoms with Gasteiger partial charge < -0.3 is 5.11 Å². The van der Waals surface area contributed by atoms with Crippen LogP contribution < -0.4 is 0 Å². The van der Waals surface area contributed by atoms with Crippen LogP contribution in [0.3, 0.4) is 0 Å². The summed E-state index contributed by atoms with van der Waals surface area (Å²) in [5.41, 5.74) is -2.99. The highest BCUT2D eigenvalue weighted by Gasteiger charge is 2.53. The van der Waals surface area contributed by atoms with Crippen molar-refractivity contribution in [1.82, 2.24) is 0 Å². The Balaban J connectivity index is 3.18. The number of rotatable bonds is 2. The van der Waals surface area contributed by atoms with Crippen molar-refractivity contribution < 1.29 is 18.3 Å². The van der Waals surface area contributed by atoms with Crippen molar-refractivity contribution in [2.45, 2.75) is 25.1 Å². The molecule has 5 heteroatoms. The molecule has 0 saturated carbocycles. The number of hydrogen-bond acceptors (Lipinski definition) is 1. The van der Waals surface area contributed by atoms with Crippen molar-refractivity contribution in [2.24, 2.45) is 0 Å². The van der Waals surface area contributed by atoms with Crippen molar-refractivity contribution in [3.8, 4) is 0 Å². The molecule has 1 nitrogen and oxygen atoms in total. The van der Waals surface area contributed by atoms with Crippen molar-refractivity contribution in [2.75, 3.05) is 0 Å². The molecule has 0 saturated heterocycles. The van der Waals surface area contributed by atoms with E-state index in [2.05, 4.69) is 0 Å². The quantitative estimate of drug-likeness (QED) is 0.836. The topological polar surface area (TPSA) is 20.2 Å². The zero-order valence-corrected chi connectivity index (χ0v) is 8.73. The molecule has 1 aromatic rings. The first-order valence-corrected chi connectivity index (χ1v) is 4.74. The van der Waals surface area contributed by atoms with Gasteiger partial charge in [-0.15, -0.1) is 0 Å². The first-order chi connectivity index (χ1) is 6.81. The molecule has 0 amide bonds. The zero-order chi connectivity index (χ0) is 11.7. The molecular weight excluding hydrogens is 229 g/mol. The maximum Gasteiger partial charge on any atom is 0.421 e. The van der Waals surface area contributed by atoms with Gasteiger partial charge in [-0.2, -0.15) is 13.2 Å². The molecule has 0 radical (unpaired) electrons. The zero-order valence-electron chi connectivity index (χ0n) is 7.98. The van der Waals surface area contributed by atoms with Crippen LogP contribution in [0.4, 0.5) is 13.2 Å². The van der Waals surface area contributed by atoms with Gasteiger partial charge in [-0.25, -0.2) is 0 Å². The van der Waals surface area contributed by atoms with E-state index in [0.29, 0.717) is 5.02 Å². The lowest BCUT2D eigenvalue weighted by molar-refractivity contribution is -0.267. The third-order valence-electron chi connectivity index (χ3n) is 2.30. The van der Waals surface area contributed by atoms with Gasteiger partial charge in [0.1, 0.15) is 0 Å². The van der Waals surface area contributed by atoms with Gasteiger partial charge in [0.2, 0.25) is 0 Å². The Kier molecular flexibility index (Phi) is 3.31. The minimum atomic E-state index is -4.68. The lowest BCUT2D eigenvalue weighted by Crippen LogP contribution is -2.41. The summed E-state index contributed by atoms with van der Waals surface area (Å²) in [7, 11) is 0. The Morgan fingerprint density at radius 3 is 2.00 bits per heavy atom. The van der Waals surface area contributed by atoms with Crippen LogP contribution in [0.5, 0.6) is 0 Å². The molecule has 0 aliphatic carbocycles. The van der Waals surface area contributed by atoms with E-state index in [1.54, 1.807) is 0 Å². The summed E-state index contributed by atoms with van der Waals surface area (Å²) >= 11 is 5.56. The predicted octanol–water partition coefficient (Wildman–Crippen LogP) is 3.50. The van der Waals surface area contributed by atoms with Gasteiger partial charge >= 0.3 is 6.18 Å². The lowest BCUT2D eigenvalue weighted by atomic mass is 9.90. The Bertz CT molecular complexity index is 334. The fraction of sp³-hybridized carbons (Fsp3) is 0.400. The Morgan fingerprint density at radius 2 is 1.67 bits per heavy atom. The summed E-state index contributed by atoms with van der Waals surface area (Å²) in [6.07, 6.45) is -5.12. The lowest BCUT2D eigenvalue weighted by Gasteiger charge is -2.29. The SMILES string of the molecule is CCC(O)(c1ccc(Cl)cc1)C(F)(F)F. The van der Waals surface area contributed by atoms with E-state index in [1.165, 1.54) is 31.2 Å². The first-order valence-electron chi connectivity index (χ1n) is 4.36.